The third-order valence-electron chi connectivity index (χ3n) is 12.5. The number of carbonyl (C=O) groups excluding carboxylic acids is 4. The lowest BCUT2D eigenvalue weighted by molar-refractivity contribution is -0.132. The first kappa shape index (κ1) is 50.5. The minimum Gasteiger partial charge on any atom is -0.358 e. The number of ketones is 1. The summed E-state index contributed by atoms with van der Waals surface area (Å²) in [4.78, 5) is 82.1. The maximum Gasteiger partial charge on any atom is 0.469 e. The van der Waals surface area contributed by atoms with Crippen molar-refractivity contribution in [3.8, 4) is 0 Å². The first-order chi connectivity index (χ1) is 31.3. The molecule has 2 unspecified atom stereocenters. The van der Waals surface area contributed by atoms with Gasteiger partial charge in [0, 0.05) is 78.4 Å². The van der Waals surface area contributed by atoms with Gasteiger partial charge in [0.25, 0.3) is 0 Å². The molecule has 2 atom stereocenters. The van der Waals surface area contributed by atoms with Gasteiger partial charge in [0.15, 0.2) is 5.78 Å². The standard InChI is InChI=1S/C49H61N6O8PS2/c1-32-17-8-9-18-36(32)48(3,4)33(2)29-34-44(35(45(34)57)30-41-49(5,6)37-19-10-11-20-39(37)54(41)7)55-27-16-21-40(55)47(59)53-38(31-63-64(60,61)62)46(58)52-25-14-12-22-42(56)50-26-28-65-66-43-23-13-15-24-51-43/h8-11,13,15,17-20,23-24,29-30,38,40H,2,12,14,16,21-22,25-28,31H2,1,3-7H3,(H,50,56)(H,52,58)(H,53,59)(H2,60,61,62)/b34-29-,41-30+. The van der Waals surface area contributed by atoms with Gasteiger partial charge in [0.2, 0.25) is 17.7 Å². The van der Waals surface area contributed by atoms with Crippen molar-refractivity contribution in [2.45, 2.75) is 94.7 Å². The molecule has 14 nitrogen and oxygen atoms in total. The third-order valence-corrected chi connectivity index (χ3v) is 15.2. The summed E-state index contributed by atoms with van der Waals surface area (Å²) in [6.07, 6.45) is 7.65. The Morgan fingerprint density at radius 3 is 2.48 bits per heavy atom. The van der Waals surface area contributed by atoms with Gasteiger partial charge in [-0.15, -0.1) is 0 Å². The summed E-state index contributed by atoms with van der Waals surface area (Å²) in [6, 6.07) is 19.6. The van der Waals surface area contributed by atoms with E-state index in [9.17, 15) is 33.5 Å². The molecule has 6 rings (SSSR count). The number of phosphoric ester groups is 1. The first-order valence-electron chi connectivity index (χ1n) is 22.1. The number of pyridine rings is 1. The highest BCUT2D eigenvalue weighted by molar-refractivity contribution is 8.76. The minimum absolute atomic E-state index is 0.116. The van der Waals surface area contributed by atoms with Crippen molar-refractivity contribution in [3.63, 3.8) is 0 Å². The Balaban J connectivity index is 1.17. The van der Waals surface area contributed by atoms with Crippen molar-refractivity contribution in [2.75, 3.05) is 43.9 Å². The van der Waals surface area contributed by atoms with Gasteiger partial charge in [0.05, 0.1) is 12.3 Å². The molecule has 1 fully saturated rings. The van der Waals surface area contributed by atoms with Crippen molar-refractivity contribution >= 4 is 58.6 Å². The Morgan fingerprint density at radius 2 is 1.77 bits per heavy atom. The number of allylic oxidation sites excluding steroid dienone is 6. The number of likely N-dealkylation sites (tertiary alicyclic amines) is 1. The van der Waals surface area contributed by atoms with Crippen LogP contribution in [0.4, 0.5) is 5.69 Å². The van der Waals surface area contributed by atoms with Gasteiger partial charge in [-0.25, -0.2) is 9.55 Å². The zero-order valence-electron chi connectivity index (χ0n) is 38.5. The molecular weight excluding hydrogens is 896 g/mol. The molecule has 3 aliphatic rings. The average molecular weight is 957 g/mol. The van der Waals surface area contributed by atoms with Crippen LogP contribution in [0.25, 0.3) is 0 Å². The zero-order chi connectivity index (χ0) is 47.8. The molecule has 2 aliphatic heterocycles. The first-order valence-corrected chi connectivity index (χ1v) is 26.0. The molecule has 0 radical (unpaired) electrons. The molecule has 3 heterocycles. The number of carbonyl (C=O) groups is 4. The number of fused-ring (bicyclic) bond motifs is 1. The van der Waals surface area contributed by atoms with Gasteiger partial charge in [-0.2, -0.15) is 0 Å². The highest BCUT2D eigenvalue weighted by Crippen LogP contribution is 2.49. The number of anilines is 1. The van der Waals surface area contributed by atoms with E-state index in [0.717, 1.165) is 33.1 Å². The second-order valence-electron chi connectivity index (χ2n) is 17.7. The van der Waals surface area contributed by atoms with Gasteiger partial charge in [-0.05, 0) is 96.0 Å². The number of aryl methyl sites for hydroxylation is 1. The highest BCUT2D eigenvalue weighted by Gasteiger charge is 2.46. The van der Waals surface area contributed by atoms with Crippen molar-refractivity contribution in [3.05, 3.63) is 136 Å². The number of para-hydroxylation sites is 1. The van der Waals surface area contributed by atoms with E-state index in [1.165, 1.54) is 10.8 Å². The van der Waals surface area contributed by atoms with E-state index in [1.54, 1.807) is 17.0 Å². The lowest BCUT2D eigenvalue weighted by Crippen LogP contribution is -2.54. The second-order valence-corrected chi connectivity index (χ2v) is 21.4. The van der Waals surface area contributed by atoms with Gasteiger partial charge >= 0.3 is 7.82 Å². The van der Waals surface area contributed by atoms with Gasteiger partial charge in [0.1, 0.15) is 17.1 Å². The van der Waals surface area contributed by atoms with Crippen molar-refractivity contribution in [2.24, 2.45) is 0 Å². The van der Waals surface area contributed by atoms with Gasteiger partial charge in [-0.1, -0.05) is 93.6 Å². The lowest BCUT2D eigenvalue weighted by Gasteiger charge is -2.38. The summed E-state index contributed by atoms with van der Waals surface area (Å²) in [5.74, 6) is -0.845. The average Bonchev–Trinajstić information content (AvgIpc) is 3.83. The van der Waals surface area contributed by atoms with Crippen LogP contribution in [0.2, 0.25) is 0 Å². The molecule has 66 heavy (non-hydrogen) atoms. The summed E-state index contributed by atoms with van der Waals surface area (Å²) < 4.78 is 16.6. The molecule has 0 saturated carbocycles. The Labute approximate surface area is 395 Å². The van der Waals surface area contributed by atoms with E-state index in [1.807, 2.05) is 79.6 Å². The van der Waals surface area contributed by atoms with E-state index in [-0.39, 0.29) is 24.7 Å². The number of rotatable bonds is 21. The van der Waals surface area contributed by atoms with E-state index < -0.39 is 49.2 Å². The van der Waals surface area contributed by atoms with Crippen LogP contribution in [0.1, 0.15) is 76.5 Å². The number of hydrogen-bond acceptors (Lipinski definition) is 11. The summed E-state index contributed by atoms with van der Waals surface area (Å²) in [6.45, 7) is 15.2. The van der Waals surface area contributed by atoms with Crippen LogP contribution in [-0.2, 0) is 39.1 Å². The molecule has 0 bridgehead atoms. The monoisotopic (exact) mass is 956 g/mol. The minimum atomic E-state index is -5.02. The van der Waals surface area contributed by atoms with Crippen molar-refractivity contribution in [1.29, 1.82) is 0 Å². The van der Waals surface area contributed by atoms with Crippen LogP contribution >= 0.6 is 29.4 Å². The van der Waals surface area contributed by atoms with Crippen molar-refractivity contribution in [1.82, 2.24) is 25.8 Å². The Hall–Kier alpha value is -4.96. The second kappa shape index (κ2) is 21.8. The normalized spacial score (nSPS) is 18.6. The summed E-state index contributed by atoms with van der Waals surface area (Å²) >= 11 is 0. The quantitative estimate of drug-likeness (QED) is 0.0312. The van der Waals surface area contributed by atoms with Gasteiger partial charge in [-0.3, -0.25) is 23.7 Å². The SMILES string of the molecule is C=C(/C=C1\C(=O)C(/C=C2/N(C)c3ccccc3C2(C)C)=C1N1CCCC1C(=O)NC(COP(=O)(O)O)C(=O)NCCCCC(=O)NCCSSc1ccccn1)C(C)(C)c1ccccc1C. The molecule has 1 aliphatic carbocycles. The lowest BCUT2D eigenvalue weighted by atomic mass is 9.73. The number of unbranched alkanes of at least 4 members (excludes halogenated alkanes) is 1. The third kappa shape index (κ3) is 11.9. The Bertz CT molecular complexity index is 2470. The number of benzene rings is 2. The molecule has 1 saturated heterocycles. The van der Waals surface area contributed by atoms with E-state index >= 15 is 0 Å². The number of amides is 3. The van der Waals surface area contributed by atoms with Crippen molar-refractivity contribution < 1.29 is 38.1 Å². The van der Waals surface area contributed by atoms with Crippen LogP contribution in [0.15, 0.2) is 125 Å². The molecule has 5 N–H and O–H groups in total. The smallest absolute Gasteiger partial charge is 0.358 e. The number of aromatic nitrogens is 1. The molecule has 0 spiro atoms. The molecule has 17 heteroatoms. The highest BCUT2D eigenvalue weighted by atomic mass is 33.1. The molecule has 352 valence electrons. The predicted octanol–water partition coefficient (Wildman–Crippen LogP) is 7.20. The molecule has 3 amide bonds. The summed E-state index contributed by atoms with van der Waals surface area (Å²) in [7, 11) is 0.0862. The van der Waals surface area contributed by atoms with Crippen LogP contribution in [0.3, 0.4) is 0 Å². The Morgan fingerprint density at radius 1 is 1.05 bits per heavy atom. The molecular formula is C49H61N6O8PS2. The topological polar surface area (TPSA) is 190 Å². The largest absolute Gasteiger partial charge is 0.469 e. The maximum atomic E-state index is 14.5. The molecule has 3 aromatic rings. The fourth-order valence-electron chi connectivity index (χ4n) is 8.71. The zero-order valence-corrected chi connectivity index (χ0v) is 41.0. The van der Waals surface area contributed by atoms with Crippen LogP contribution in [-0.4, -0.2) is 94.3 Å². The number of nitrogens with zero attached hydrogens (tertiary/aromatic N) is 3. The van der Waals surface area contributed by atoms with Gasteiger partial charge < -0.3 is 35.5 Å². The van der Waals surface area contributed by atoms with Crippen LogP contribution in [0, 0.1) is 6.92 Å². The number of hydrogen-bond donors (Lipinski definition) is 5. The number of likely N-dealkylation sites (N-methyl/N-ethyl adjacent to an activating group) is 1. The van der Waals surface area contributed by atoms with E-state index in [0.29, 0.717) is 66.9 Å². The Kier molecular flexibility index (Phi) is 16.6. The number of Topliss-reactive ketones (excluding diaryl/α,β-unsaturated/α-hetero) is 1. The molecule has 1 aromatic heterocycles. The predicted molar refractivity (Wildman–Crippen MR) is 261 cm³/mol. The van der Waals surface area contributed by atoms with E-state index in [4.69, 9.17) is 4.52 Å². The molecule has 2 aromatic carbocycles. The fraction of sp³-hybridized carbons (Fsp3) is 0.408. The number of nitrogens with one attached hydrogen (secondary N) is 3. The van der Waals surface area contributed by atoms with Crippen LogP contribution in [0.5, 0.6) is 0 Å². The maximum absolute atomic E-state index is 14.5. The summed E-state index contributed by atoms with van der Waals surface area (Å²) in [5, 5.41) is 9.21. The fourth-order valence-corrected chi connectivity index (χ4v) is 10.8. The van der Waals surface area contributed by atoms with Crippen LogP contribution < -0.4 is 20.9 Å². The number of phosphoric acid groups is 1. The van der Waals surface area contributed by atoms with E-state index in [2.05, 4.69) is 78.3 Å². The summed E-state index contributed by atoms with van der Waals surface area (Å²) in [5.41, 5.74) is 6.46.